The predicted molar refractivity (Wildman–Crippen MR) is 104 cm³/mol. The number of anilines is 1. The number of carbonyl (C=O) groups is 1. The maximum atomic E-state index is 12.4. The zero-order valence-corrected chi connectivity index (χ0v) is 16.3. The smallest absolute Gasteiger partial charge is 0.279 e. The summed E-state index contributed by atoms with van der Waals surface area (Å²) in [6, 6.07) is 11.1. The van der Waals surface area contributed by atoms with Crippen LogP contribution in [0.15, 0.2) is 36.4 Å². The predicted octanol–water partition coefficient (Wildman–Crippen LogP) is 2.16. The van der Waals surface area contributed by atoms with Crippen molar-refractivity contribution in [3.8, 4) is 17.2 Å². The van der Waals surface area contributed by atoms with Crippen LogP contribution in [0.5, 0.6) is 17.2 Å². The Labute approximate surface area is 164 Å². The first-order chi connectivity index (χ1) is 13.1. The van der Waals surface area contributed by atoms with E-state index in [2.05, 4.69) is 5.32 Å². The molecule has 0 aromatic heterocycles. The van der Waals surface area contributed by atoms with Crippen LogP contribution in [-0.4, -0.2) is 39.3 Å². The first-order valence-electron chi connectivity index (χ1n) is 8.94. The summed E-state index contributed by atoms with van der Waals surface area (Å²) in [5.74, 6) is 1.92. The fraction of sp³-hybridized carbons (Fsp3) is 0.350. The fourth-order valence-electron chi connectivity index (χ4n) is 3.00. The average molecular weight is 392 g/mol. The molecule has 6 nitrogen and oxygen atoms in total. The van der Waals surface area contributed by atoms with Crippen LogP contribution in [0.4, 0.5) is 5.69 Å². The van der Waals surface area contributed by atoms with E-state index in [1.807, 2.05) is 37.3 Å². The van der Waals surface area contributed by atoms with E-state index in [-0.39, 0.29) is 5.91 Å². The molecular weight excluding hydrogens is 368 g/mol. The van der Waals surface area contributed by atoms with Crippen molar-refractivity contribution in [2.75, 3.05) is 38.7 Å². The number of carbonyl (C=O) groups excluding carboxylic acids is 1. The molecule has 144 valence electrons. The molecule has 27 heavy (non-hydrogen) atoms. The third-order valence-corrected chi connectivity index (χ3v) is 4.66. The summed E-state index contributed by atoms with van der Waals surface area (Å²) in [6.45, 7) is 4.88. The Hall–Kier alpha value is -2.44. The second-order valence-electron chi connectivity index (χ2n) is 6.34. The third-order valence-electron chi connectivity index (χ3n) is 4.37. The van der Waals surface area contributed by atoms with Crippen LogP contribution < -0.4 is 24.4 Å². The van der Waals surface area contributed by atoms with Crippen molar-refractivity contribution < 1.29 is 23.9 Å². The van der Waals surface area contributed by atoms with Crippen molar-refractivity contribution in [2.45, 2.75) is 13.5 Å². The Bertz CT molecular complexity index is 813. The summed E-state index contributed by atoms with van der Waals surface area (Å²) >= 11 is 6.31. The molecule has 2 aromatic rings. The summed E-state index contributed by atoms with van der Waals surface area (Å²) < 4.78 is 16.4. The molecule has 0 aliphatic carbocycles. The van der Waals surface area contributed by atoms with Gasteiger partial charge in [0, 0.05) is 17.3 Å². The van der Waals surface area contributed by atoms with Crippen LogP contribution >= 0.6 is 11.6 Å². The zero-order valence-electron chi connectivity index (χ0n) is 15.5. The van der Waals surface area contributed by atoms with Crippen LogP contribution in [-0.2, 0) is 11.3 Å². The molecule has 0 saturated heterocycles. The number of methoxy groups -OCH3 is 1. The highest BCUT2D eigenvalue weighted by molar-refractivity contribution is 6.32. The van der Waals surface area contributed by atoms with Crippen molar-refractivity contribution in [2.24, 2.45) is 0 Å². The molecule has 1 heterocycles. The zero-order chi connectivity index (χ0) is 19.2. The summed E-state index contributed by atoms with van der Waals surface area (Å²) in [7, 11) is 1.60. The molecule has 7 heteroatoms. The Morgan fingerprint density at radius 2 is 2.07 bits per heavy atom. The van der Waals surface area contributed by atoms with Gasteiger partial charge in [-0.3, -0.25) is 4.79 Å². The van der Waals surface area contributed by atoms with Gasteiger partial charge in [0.1, 0.15) is 25.5 Å². The van der Waals surface area contributed by atoms with Gasteiger partial charge in [0.15, 0.2) is 18.0 Å². The third kappa shape index (κ3) is 5.05. The highest BCUT2D eigenvalue weighted by Crippen LogP contribution is 2.38. The maximum absolute atomic E-state index is 12.4. The van der Waals surface area contributed by atoms with E-state index in [4.69, 9.17) is 25.8 Å². The Balaban J connectivity index is 1.63. The van der Waals surface area contributed by atoms with Crippen LogP contribution in [0.3, 0.4) is 0 Å². The van der Waals surface area contributed by atoms with Crippen molar-refractivity contribution >= 4 is 23.2 Å². The molecule has 3 rings (SSSR count). The first kappa shape index (κ1) is 19.3. The summed E-state index contributed by atoms with van der Waals surface area (Å²) in [4.78, 5) is 13.5. The summed E-state index contributed by atoms with van der Waals surface area (Å²) in [6.07, 6.45) is 0. The highest BCUT2D eigenvalue weighted by atomic mass is 35.5. The van der Waals surface area contributed by atoms with Gasteiger partial charge in [0.25, 0.3) is 5.91 Å². The van der Waals surface area contributed by atoms with E-state index < -0.39 is 0 Å². The summed E-state index contributed by atoms with van der Waals surface area (Å²) in [5.41, 5.74) is 1.73. The van der Waals surface area contributed by atoms with Gasteiger partial charge in [-0.1, -0.05) is 17.7 Å². The van der Waals surface area contributed by atoms with E-state index in [1.54, 1.807) is 13.2 Å². The second-order valence-corrected chi connectivity index (χ2v) is 6.75. The van der Waals surface area contributed by atoms with Gasteiger partial charge < -0.3 is 24.4 Å². The van der Waals surface area contributed by atoms with E-state index >= 15 is 0 Å². The van der Waals surface area contributed by atoms with E-state index in [0.29, 0.717) is 48.6 Å². The Kier molecular flexibility index (Phi) is 6.42. The fourth-order valence-corrected chi connectivity index (χ4v) is 3.29. The Morgan fingerprint density at radius 1 is 1.26 bits per heavy atom. The van der Waals surface area contributed by atoms with Gasteiger partial charge in [-0.15, -0.1) is 0 Å². The molecule has 0 saturated carbocycles. The molecule has 1 unspecified atom stereocenters. The van der Waals surface area contributed by atoms with Gasteiger partial charge in [0.2, 0.25) is 0 Å². The lowest BCUT2D eigenvalue weighted by molar-refractivity contribution is -0.903. The lowest BCUT2D eigenvalue weighted by Crippen LogP contribution is -3.11. The maximum Gasteiger partial charge on any atom is 0.279 e. The topological polar surface area (TPSA) is 61.2 Å². The minimum Gasteiger partial charge on any atom is -0.497 e. The molecule has 1 aliphatic heterocycles. The highest BCUT2D eigenvalue weighted by Gasteiger charge is 2.19. The van der Waals surface area contributed by atoms with Crippen LogP contribution in [0.1, 0.15) is 12.5 Å². The van der Waals surface area contributed by atoms with E-state index in [1.165, 1.54) is 0 Å². The number of benzene rings is 2. The minimum absolute atomic E-state index is 0.0521. The van der Waals surface area contributed by atoms with Crippen LogP contribution in [0.2, 0.25) is 5.02 Å². The molecule has 0 fully saturated rings. The number of amides is 1. The van der Waals surface area contributed by atoms with Gasteiger partial charge in [-0.25, -0.2) is 0 Å². The van der Waals surface area contributed by atoms with Crippen LogP contribution in [0.25, 0.3) is 0 Å². The summed E-state index contributed by atoms with van der Waals surface area (Å²) in [5, 5.41) is 3.46. The van der Waals surface area contributed by atoms with Crippen molar-refractivity contribution in [3.63, 3.8) is 0 Å². The van der Waals surface area contributed by atoms with Crippen LogP contribution in [0, 0.1) is 0 Å². The van der Waals surface area contributed by atoms with Crippen molar-refractivity contribution in [1.82, 2.24) is 0 Å². The number of halogens is 1. The van der Waals surface area contributed by atoms with E-state index in [9.17, 15) is 4.79 Å². The monoisotopic (exact) mass is 391 g/mol. The Morgan fingerprint density at radius 3 is 2.85 bits per heavy atom. The quantitative estimate of drug-likeness (QED) is 0.759. The first-order valence-corrected chi connectivity index (χ1v) is 9.32. The van der Waals surface area contributed by atoms with Gasteiger partial charge in [-0.2, -0.15) is 0 Å². The van der Waals surface area contributed by atoms with E-state index in [0.717, 1.165) is 22.7 Å². The lowest BCUT2D eigenvalue weighted by Gasteiger charge is -2.22. The van der Waals surface area contributed by atoms with Gasteiger partial charge in [-0.05, 0) is 31.2 Å². The number of hydrogen-bond donors (Lipinski definition) is 2. The average Bonchev–Trinajstić information content (AvgIpc) is 2.67. The number of quaternary nitrogens is 1. The molecule has 1 amide bonds. The number of ether oxygens (including phenoxy) is 3. The minimum atomic E-state index is -0.0521. The number of fused-ring (bicyclic) bond motifs is 1. The number of nitrogens with one attached hydrogen (secondary N) is 2. The number of rotatable bonds is 7. The SMILES string of the molecule is CC[NH+](CC(=O)Nc1cccc(OC)c1)Cc1cc(Cl)c2c(c1)OCCO2. The lowest BCUT2D eigenvalue weighted by atomic mass is 10.1. The molecule has 0 spiro atoms. The largest absolute Gasteiger partial charge is 0.497 e. The van der Waals surface area contributed by atoms with Gasteiger partial charge >= 0.3 is 0 Å². The molecule has 0 bridgehead atoms. The standard InChI is InChI=1S/C20H23ClN2O4/c1-3-23(13-19(24)22-15-5-4-6-16(11-15)25-2)12-14-9-17(21)20-18(10-14)26-7-8-27-20/h4-6,9-11H,3,7-8,12-13H2,1-2H3,(H,22,24)/p+1. The number of likely N-dealkylation sites (N-methyl/N-ethyl adjacent to an activating group) is 1. The molecule has 0 radical (unpaired) electrons. The van der Waals surface area contributed by atoms with Crippen molar-refractivity contribution in [3.05, 3.63) is 47.0 Å². The normalized spacial score (nSPS) is 13.7. The molecule has 1 aliphatic rings. The number of hydrogen-bond acceptors (Lipinski definition) is 4. The second kappa shape index (κ2) is 8.97. The molecule has 2 N–H and O–H groups in total. The molecular formula is C20H24ClN2O4+. The van der Waals surface area contributed by atoms with Crippen molar-refractivity contribution in [1.29, 1.82) is 0 Å². The molecule has 1 atom stereocenters. The van der Waals surface area contributed by atoms with Gasteiger partial charge in [0.05, 0.1) is 18.7 Å². The molecule has 2 aromatic carbocycles.